The van der Waals surface area contributed by atoms with Crippen molar-refractivity contribution in [3.8, 4) is 17.2 Å². The highest BCUT2D eigenvalue weighted by atomic mass is 16.5. The monoisotopic (exact) mass is 957 g/mol. The van der Waals surface area contributed by atoms with Crippen LogP contribution in [0.3, 0.4) is 0 Å². The van der Waals surface area contributed by atoms with Crippen LogP contribution >= 0.6 is 0 Å². The minimum atomic E-state index is -1.06. The minimum Gasteiger partial charge on any atom is -0.490 e. The van der Waals surface area contributed by atoms with Crippen LogP contribution in [0.5, 0.6) is 17.2 Å². The summed E-state index contributed by atoms with van der Waals surface area (Å²) in [7, 11) is 0. The Kier molecular flexibility index (Phi) is 13.1. The van der Waals surface area contributed by atoms with Gasteiger partial charge >= 0.3 is 5.97 Å². The van der Waals surface area contributed by atoms with Crippen LogP contribution in [0.15, 0.2) is 83.0 Å². The van der Waals surface area contributed by atoms with Crippen molar-refractivity contribution in [3.63, 3.8) is 0 Å². The van der Waals surface area contributed by atoms with Crippen LogP contribution in [0.2, 0.25) is 0 Å². The van der Waals surface area contributed by atoms with E-state index in [1.807, 2.05) is 49.4 Å². The molecule has 0 spiro atoms. The molecular formula is C58H65N6O7+. The number of benzene rings is 5. The Labute approximate surface area is 414 Å². The first kappa shape index (κ1) is 46.8. The summed E-state index contributed by atoms with van der Waals surface area (Å²) in [5, 5.41) is 37.4. The normalized spacial score (nSPS) is 17.4. The molecule has 6 aliphatic rings. The number of rotatable bonds is 17. The first-order chi connectivity index (χ1) is 34.6. The van der Waals surface area contributed by atoms with E-state index in [4.69, 9.17) is 9.47 Å². The summed E-state index contributed by atoms with van der Waals surface area (Å²) in [4.78, 5) is 45.7. The van der Waals surface area contributed by atoms with Gasteiger partial charge in [0, 0.05) is 103 Å². The van der Waals surface area contributed by atoms with E-state index in [2.05, 4.69) is 37.2 Å². The predicted octanol–water partition coefficient (Wildman–Crippen LogP) is 7.88. The lowest BCUT2D eigenvalue weighted by atomic mass is 9.82. The van der Waals surface area contributed by atoms with Gasteiger partial charge in [-0.15, -0.1) is 0 Å². The smallest absolute Gasteiger partial charge is 0.336 e. The number of carbonyl (C=O) groups excluding carboxylic acids is 2. The van der Waals surface area contributed by atoms with Gasteiger partial charge in [-0.2, -0.15) is 10.2 Å². The van der Waals surface area contributed by atoms with Crippen LogP contribution in [-0.4, -0.2) is 97.1 Å². The molecule has 0 radical (unpaired) electrons. The van der Waals surface area contributed by atoms with Gasteiger partial charge in [-0.3, -0.25) is 9.59 Å². The molecular weight excluding hydrogens is 893 g/mol. The highest BCUT2D eigenvalue weighted by Gasteiger charge is 2.37. The molecule has 0 aromatic heterocycles. The van der Waals surface area contributed by atoms with E-state index in [9.17, 15) is 24.6 Å². The number of aliphatic hydroxyl groups is 1. The summed E-state index contributed by atoms with van der Waals surface area (Å²) < 4.78 is 15.8. The molecule has 13 nitrogen and oxygen atoms in total. The number of carboxylic acid groups (broad SMARTS) is 1. The van der Waals surface area contributed by atoms with Crippen LogP contribution in [0.25, 0.3) is 16.3 Å². The Morgan fingerprint density at radius 3 is 2.52 bits per heavy atom. The SMILES string of the molecule is CC1(CCN(CCNC(=O)c2ccc(C(=O)O)c(C3=c4cc5c6c(c4Oc4c3cc3c7c4CCCN7CCCC3)CCC[N+]=6CCCC5)c2)C(=O)CCCC[C@H](O)COc2cccc3ccccc23)N=N1. The molecule has 11 rings (SSSR count). The first-order valence-electron chi connectivity index (χ1n) is 26.2. The number of fused-ring (bicyclic) bond motifs is 5. The largest absolute Gasteiger partial charge is 0.490 e. The number of aryl methyl sites for hydroxylation is 2. The number of unbranched alkanes of at least 4 members (excludes halogenated alkanes) is 1. The van der Waals surface area contributed by atoms with Gasteiger partial charge in [0.15, 0.2) is 5.66 Å². The summed E-state index contributed by atoms with van der Waals surface area (Å²) in [5.74, 6) is 0.962. The number of carboxylic acids is 1. The van der Waals surface area contributed by atoms with Gasteiger partial charge in [0.1, 0.15) is 36.9 Å². The lowest BCUT2D eigenvalue weighted by molar-refractivity contribution is -0.131. The second-order valence-corrected chi connectivity index (χ2v) is 20.6. The molecule has 0 aliphatic carbocycles. The zero-order chi connectivity index (χ0) is 48.6. The van der Waals surface area contributed by atoms with Crippen molar-refractivity contribution in [2.75, 3.05) is 57.3 Å². The van der Waals surface area contributed by atoms with E-state index in [0.717, 1.165) is 135 Å². The highest BCUT2D eigenvalue weighted by molar-refractivity contribution is 6.02. The average Bonchev–Trinajstić information content (AvgIpc) is 4.20. The summed E-state index contributed by atoms with van der Waals surface area (Å²) in [6.07, 6.45) is 12.1. The van der Waals surface area contributed by atoms with Crippen molar-refractivity contribution < 1.29 is 34.1 Å². The minimum absolute atomic E-state index is 0.0357. The van der Waals surface area contributed by atoms with Crippen molar-refractivity contribution in [2.45, 2.75) is 115 Å². The number of aromatic carboxylic acids is 1. The topological polar surface area (TPSA) is 156 Å². The Morgan fingerprint density at radius 1 is 0.845 bits per heavy atom. The van der Waals surface area contributed by atoms with E-state index in [1.54, 1.807) is 23.1 Å². The van der Waals surface area contributed by atoms with Crippen molar-refractivity contribution in [1.82, 2.24) is 14.8 Å². The Balaban J connectivity index is 0.842. The molecule has 71 heavy (non-hydrogen) atoms. The number of amides is 2. The molecule has 2 amide bonds. The first-order valence-corrected chi connectivity index (χ1v) is 26.2. The Morgan fingerprint density at radius 2 is 1.65 bits per heavy atom. The third kappa shape index (κ3) is 9.53. The summed E-state index contributed by atoms with van der Waals surface area (Å²) in [5.41, 5.74) is 8.51. The maximum atomic E-state index is 14.3. The number of hydrogen-bond donors (Lipinski definition) is 3. The fourth-order valence-electron chi connectivity index (χ4n) is 11.9. The second-order valence-electron chi connectivity index (χ2n) is 20.6. The fraction of sp³-hybridized carbons (Fsp3) is 0.448. The molecule has 5 aromatic rings. The van der Waals surface area contributed by atoms with Crippen LogP contribution in [0.4, 0.5) is 5.69 Å². The molecule has 1 atom stereocenters. The predicted molar refractivity (Wildman–Crippen MR) is 274 cm³/mol. The molecule has 0 fully saturated rings. The third-order valence-electron chi connectivity index (χ3n) is 15.6. The zero-order valence-electron chi connectivity index (χ0n) is 40.9. The maximum absolute atomic E-state index is 14.3. The molecule has 368 valence electrons. The molecule has 0 saturated heterocycles. The van der Waals surface area contributed by atoms with Gasteiger partial charge in [0.25, 0.3) is 5.91 Å². The fourth-order valence-corrected chi connectivity index (χ4v) is 11.9. The number of hydrogen-bond acceptors (Lipinski definition) is 9. The molecule has 6 aliphatic heterocycles. The van der Waals surface area contributed by atoms with E-state index < -0.39 is 17.7 Å². The van der Waals surface area contributed by atoms with Gasteiger partial charge < -0.3 is 34.8 Å². The standard InChI is InChI=1S/C58H64N6O7/c1-58(60-61-58)25-31-62(50(66)22-5-3-17-41(65)36-70-49-21-10-16-37-13-2-4-18-42(37)49)32-26-59-56(67)40-23-24-43(57(68)69)46(35-40)51-47-33-38-14-6-8-27-63-29-11-19-44(52(38)63)54(47)71-55-45-20-12-30-64-28-9-7-15-39(53(45)64)34-48(51)55/h2,4,10,13,16,18,21,23-24,33-35,41,65H,3,5-9,11-12,14-15,17,19-20,22,25-32,36H2,1H3,(H-,59,67,68,69)/p+1/t41-/m0/s1. The van der Waals surface area contributed by atoms with Crippen molar-refractivity contribution >= 4 is 39.8 Å². The number of aliphatic hydroxyl groups excluding tert-OH is 1. The summed E-state index contributed by atoms with van der Waals surface area (Å²) in [6, 6.07) is 23.4. The van der Waals surface area contributed by atoms with Gasteiger partial charge in [0.05, 0.1) is 17.2 Å². The summed E-state index contributed by atoms with van der Waals surface area (Å²) in [6.45, 7) is 7.10. The quantitative estimate of drug-likeness (QED) is 0.0616. The maximum Gasteiger partial charge on any atom is 0.336 e. The number of anilines is 1. The molecule has 0 bridgehead atoms. The summed E-state index contributed by atoms with van der Waals surface area (Å²) >= 11 is 0. The number of ether oxygens (including phenoxy) is 2. The van der Waals surface area contributed by atoms with Crippen molar-refractivity contribution in [2.24, 2.45) is 10.2 Å². The number of carbonyl (C=O) groups is 3. The van der Waals surface area contributed by atoms with Crippen LogP contribution in [-0.2, 0) is 30.5 Å². The highest BCUT2D eigenvalue weighted by Crippen LogP contribution is 2.48. The average molecular weight is 958 g/mol. The van der Waals surface area contributed by atoms with Gasteiger partial charge in [0.2, 0.25) is 11.3 Å². The number of nitrogens with zero attached hydrogens (tertiary/aromatic N) is 5. The molecule has 5 aromatic carbocycles. The Bertz CT molecular complexity index is 3100. The van der Waals surface area contributed by atoms with E-state index >= 15 is 0 Å². The van der Waals surface area contributed by atoms with Crippen LogP contribution < -0.4 is 34.8 Å². The Hall–Kier alpha value is -6.60. The van der Waals surface area contributed by atoms with E-state index in [-0.39, 0.29) is 37.1 Å². The van der Waals surface area contributed by atoms with Crippen LogP contribution in [0, 0.1) is 0 Å². The lowest BCUT2D eigenvalue weighted by Gasteiger charge is -2.35. The second kappa shape index (κ2) is 19.9. The van der Waals surface area contributed by atoms with Crippen molar-refractivity contribution in [3.05, 3.63) is 128 Å². The van der Waals surface area contributed by atoms with E-state index in [1.165, 1.54) is 33.3 Å². The van der Waals surface area contributed by atoms with Gasteiger partial charge in [-0.1, -0.05) is 42.8 Å². The zero-order valence-corrected chi connectivity index (χ0v) is 40.9. The molecule has 3 N–H and O–H groups in total. The molecule has 0 unspecified atom stereocenters. The van der Waals surface area contributed by atoms with Crippen molar-refractivity contribution in [1.29, 1.82) is 0 Å². The molecule has 0 saturated carbocycles. The van der Waals surface area contributed by atoms with Gasteiger partial charge in [-0.25, -0.2) is 9.37 Å². The van der Waals surface area contributed by atoms with Crippen LogP contribution in [0.1, 0.15) is 132 Å². The molecule has 13 heteroatoms. The molecule has 6 heterocycles. The van der Waals surface area contributed by atoms with E-state index in [0.29, 0.717) is 49.8 Å². The number of nitrogens with one attached hydrogen (secondary N) is 1. The van der Waals surface area contributed by atoms with Gasteiger partial charge in [-0.05, 0) is 124 Å². The third-order valence-corrected chi connectivity index (χ3v) is 15.6. The lowest BCUT2D eigenvalue weighted by Crippen LogP contribution is -2.41.